The molecule has 0 radical (unpaired) electrons. The van der Waals surface area contributed by atoms with Gasteiger partial charge in [-0.3, -0.25) is 8.98 Å². The Kier molecular flexibility index (Phi) is 4.55. The molecule has 19 heavy (non-hydrogen) atoms. The van der Waals surface area contributed by atoms with Crippen LogP contribution in [0.3, 0.4) is 0 Å². The number of nitrogens with two attached hydrogens (primary N) is 1. The van der Waals surface area contributed by atoms with E-state index in [1.165, 1.54) is 12.1 Å². The summed E-state index contributed by atoms with van der Waals surface area (Å²) in [4.78, 5) is 11.3. The number of carbonyl (C=O) groups excluding carboxylic acids is 1. The first-order valence-electron chi connectivity index (χ1n) is 5.34. The summed E-state index contributed by atoms with van der Waals surface area (Å²) in [5.74, 6) is -0.926. The Morgan fingerprint density at radius 2 is 1.95 bits per heavy atom. The molecule has 1 aromatic carbocycles. The molecule has 0 fully saturated rings. The third-order valence-electron chi connectivity index (χ3n) is 2.32. The molecule has 0 aromatic heterocycles. The lowest BCUT2D eigenvalue weighted by Crippen LogP contribution is -2.26. The third kappa shape index (κ3) is 4.78. The van der Waals surface area contributed by atoms with Gasteiger partial charge in [0.15, 0.2) is 6.10 Å². The van der Waals surface area contributed by atoms with Crippen molar-refractivity contribution in [2.24, 2.45) is 5.73 Å². The number of rotatable bonds is 5. The molecule has 1 aromatic rings. The zero-order chi connectivity index (χ0) is 14.8. The molecule has 2 N–H and O–H groups in total. The van der Waals surface area contributed by atoms with Crippen LogP contribution in [-0.2, 0) is 23.7 Å². The molecule has 0 heterocycles. The minimum absolute atomic E-state index is 0.263. The number of primary amides is 1. The van der Waals surface area contributed by atoms with Crippen molar-refractivity contribution in [3.8, 4) is 0 Å². The molecule has 1 rings (SSSR count). The van der Waals surface area contributed by atoms with Gasteiger partial charge in [0.25, 0.3) is 16.0 Å². The van der Waals surface area contributed by atoms with Crippen LogP contribution in [0.15, 0.2) is 24.3 Å². The number of hydrogen-bond acceptors (Lipinski definition) is 5. The van der Waals surface area contributed by atoms with Crippen molar-refractivity contribution in [1.82, 2.24) is 0 Å². The number of carbonyl (C=O) groups is 1. The average molecular weight is 305 g/mol. The van der Waals surface area contributed by atoms with E-state index in [9.17, 15) is 17.8 Å². The van der Waals surface area contributed by atoms with E-state index in [0.717, 1.165) is 6.26 Å². The van der Waals surface area contributed by atoms with Crippen LogP contribution in [0.1, 0.15) is 11.7 Å². The Morgan fingerprint density at radius 3 is 2.37 bits per heavy atom. The monoisotopic (exact) mass is 305 g/mol. The molecule has 0 aliphatic rings. The predicted octanol–water partition coefficient (Wildman–Crippen LogP) is 0.437. The fourth-order valence-electron chi connectivity index (χ4n) is 1.46. The minimum atomic E-state index is -3.83. The van der Waals surface area contributed by atoms with Crippen LogP contribution in [0.25, 0.3) is 0 Å². The highest BCUT2D eigenvalue weighted by atomic mass is 32.2. The summed E-state index contributed by atoms with van der Waals surface area (Å²) in [5, 5.41) is 0.522. The zero-order valence-corrected chi connectivity index (χ0v) is 12.6. The number of benzene rings is 1. The van der Waals surface area contributed by atoms with E-state index >= 15 is 0 Å². The molecule has 0 saturated carbocycles. The lowest BCUT2D eigenvalue weighted by atomic mass is 10.1. The Balaban J connectivity index is 3.25. The molecule has 1 amide bonds. The van der Waals surface area contributed by atoms with Crippen molar-refractivity contribution in [2.45, 2.75) is 6.10 Å². The van der Waals surface area contributed by atoms with Gasteiger partial charge in [-0.2, -0.15) is 8.42 Å². The Hall–Kier alpha value is -1.17. The third-order valence-corrected chi connectivity index (χ3v) is 4.39. The van der Waals surface area contributed by atoms with Gasteiger partial charge >= 0.3 is 0 Å². The van der Waals surface area contributed by atoms with Crippen LogP contribution >= 0.6 is 7.14 Å². The topological polar surface area (TPSA) is 104 Å². The molecule has 0 saturated heterocycles. The largest absolute Gasteiger partial charge is 0.367 e. The van der Waals surface area contributed by atoms with Crippen LogP contribution < -0.4 is 11.0 Å². The Morgan fingerprint density at radius 1 is 1.37 bits per heavy atom. The predicted molar refractivity (Wildman–Crippen MR) is 73.4 cm³/mol. The second kappa shape index (κ2) is 5.45. The maximum Gasteiger partial charge on any atom is 0.265 e. The summed E-state index contributed by atoms with van der Waals surface area (Å²) in [5.41, 5.74) is 5.40. The number of hydrogen-bond donors (Lipinski definition) is 1. The summed E-state index contributed by atoms with van der Waals surface area (Å²) < 4.78 is 38.9. The molecular formula is C11H16NO5PS. The van der Waals surface area contributed by atoms with Gasteiger partial charge in [-0.05, 0) is 25.0 Å². The van der Waals surface area contributed by atoms with Crippen LogP contribution in [0.4, 0.5) is 0 Å². The highest BCUT2D eigenvalue weighted by Crippen LogP contribution is 2.35. The first-order valence-corrected chi connectivity index (χ1v) is 9.75. The zero-order valence-electron chi connectivity index (χ0n) is 10.9. The van der Waals surface area contributed by atoms with Crippen molar-refractivity contribution in [2.75, 3.05) is 19.6 Å². The Bertz CT molecular complexity index is 634. The van der Waals surface area contributed by atoms with Crippen molar-refractivity contribution >= 4 is 28.5 Å². The summed E-state index contributed by atoms with van der Waals surface area (Å²) in [6, 6.07) is 6.19. The standard InChI is InChI=1S/C11H16NO5PS/c1-18(2,14)9-6-4-5-8(7-9)10(11(12)13)17-19(3,15)16/h4-7,10H,1-3H3,(H2,12,13). The fraction of sp³-hybridized carbons (Fsp3) is 0.364. The molecular weight excluding hydrogens is 289 g/mol. The van der Waals surface area contributed by atoms with E-state index in [2.05, 4.69) is 4.18 Å². The molecule has 1 unspecified atom stereocenters. The lowest BCUT2D eigenvalue weighted by Gasteiger charge is -2.15. The van der Waals surface area contributed by atoms with Gasteiger partial charge < -0.3 is 10.3 Å². The molecule has 8 heteroatoms. The fourth-order valence-corrected chi connectivity index (χ4v) is 2.93. The van der Waals surface area contributed by atoms with Crippen LogP contribution in [0, 0.1) is 0 Å². The van der Waals surface area contributed by atoms with E-state index in [1.54, 1.807) is 25.5 Å². The first-order chi connectivity index (χ1) is 8.50. The van der Waals surface area contributed by atoms with Gasteiger partial charge in [-0.25, -0.2) is 0 Å². The molecule has 0 aliphatic heterocycles. The maximum absolute atomic E-state index is 12.0. The second-order valence-electron chi connectivity index (χ2n) is 4.53. The van der Waals surface area contributed by atoms with E-state index < -0.39 is 29.3 Å². The lowest BCUT2D eigenvalue weighted by molar-refractivity contribution is -0.124. The molecule has 6 nitrogen and oxygen atoms in total. The van der Waals surface area contributed by atoms with Crippen LogP contribution in [-0.4, -0.2) is 33.9 Å². The van der Waals surface area contributed by atoms with Crippen LogP contribution in [0.5, 0.6) is 0 Å². The van der Waals surface area contributed by atoms with Crippen molar-refractivity contribution < 1.29 is 22.0 Å². The Labute approximate surface area is 112 Å². The van der Waals surface area contributed by atoms with E-state index in [4.69, 9.17) is 5.73 Å². The highest BCUT2D eigenvalue weighted by molar-refractivity contribution is 7.86. The molecule has 0 bridgehead atoms. The van der Waals surface area contributed by atoms with Gasteiger partial charge in [0.1, 0.15) is 7.14 Å². The summed E-state index contributed by atoms with van der Waals surface area (Å²) in [6.07, 6.45) is -0.585. The smallest absolute Gasteiger partial charge is 0.265 e. The molecule has 0 aliphatic carbocycles. The van der Waals surface area contributed by atoms with Gasteiger partial charge in [-0.1, -0.05) is 18.2 Å². The minimum Gasteiger partial charge on any atom is -0.367 e. The van der Waals surface area contributed by atoms with E-state index in [1.807, 2.05) is 0 Å². The summed E-state index contributed by atoms with van der Waals surface area (Å²) >= 11 is 0. The molecule has 106 valence electrons. The van der Waals surface area contributed by atoms with Crippen molar-refractivity contribution in [3.05, 3.63) is 29.8 Å². The quantitative estimate of drug-likeness (QED) is 0.628. The molecule has 1 atom stereocenters. The van der Waals surface area contributed by atoms with E-state index in [0.29, 0.717) is 5.30 Å². The van der Waals surface area contributed by atoms with Gasteiger partial charge in [0.05, 0.1) is 6.26 Å². The van der Waals surface area contributed by atoms with Gasteiger partial charge in [0, 0.05) is 5.30 Å². The molecule has 0 spiro atoms. The second-order valence-corrected chi connectivity index (χ2v) is 9.35. The van der Waals surface area contributed by atoms with E-state index in [-0.39, 0.29) is 5.56 Å². The normalized spacial score (nSPS) is 14.1. The SMILES string of the molecule is CP(C)(=O)c1cccc(C(OS(C)(=O)=O)C(N)=O)c1. The first kappa shape index (κ1) is 15.9. The van der Waals surface area contributed by atoms with Gasteiger partial charge in [0.2, 0.25) is 0 Å². The average Bonchev–Trinajstić information content (AvgIpc) is 2.23. The van der Waals surface area contributed by atoms with Gasteiger partial charge in [-0.15, -0.1) is 0 Å². The van der Waals surface area contributed by atoms with Crippen molar-refractivity contribution in [3.63, 3.8) is 0 Å². The van der Waals surface area contributed by atoms with Crippen molar-refractivity contribution in [1.29, 1.82) is 0 Å². The maximum atomic E-state index is 12.0. The summed E-state index contributed by atoms with van der Waals surface area (Å²) in [6.45, 7) is 3.14. The number of amides is 1. The van der Waals surface area contributed by atoms with Crippen LogP contribution in [0.2, 0.25) is 0 Å². The highest BCUT2D eigenvalue weighted by Gasteiger charge is 2.24. The summed E-state index contributed by atoms with van der Waals surface area (Å²) in [7, 11) is -6.36.